The van der Waals surface area contributed by atoms with Gasteiger partial charge in [-0.05, 0) is 30.7 Å². The molecule has 94 valence electrons. The topological polar surface area (TPSA) is 34.0 Å². The highest BCUT2D eigenvalue weighted by molar-refractivity contribution is 9.10. The zero-order valence-electron chi connectivity index (χ0n) is 10.2. The summed E-state index contributed by atoms with van der Waals surface area (Å²) in [5, 5.41) is 2.93. The van der Waals surface area contributed by atoms with Crippen molar-refractivity contribution in [3.8, 4) is 0 Å². The zero-order chi connectivity index (χ0) is 13.0. The molecule has 0 aliphatic rings. The first-order valence-corrected chi connectivity index (χ1v) is 6.68. The number of nitrogens with zero attached hydrogens (tertiary/aromatic N) is 1. The molecule has 0 unspecified atom stereocenters. The van der Waals surface area contributed by atoms with Crippen molar-refractivity contribution in [1.82, 2.24) is 9.88 Å². The van der Waals surface area contributed by atoms with E-state index in [0.29, 0.717) is 12.2 Å². The SMILES string of the molecule is CCn1cccc1C(=O)NCc1ccccc1Br. The second-order valence-corrected chi connectivity index (χ2v) is 4.81. The van der Waals surface area contributed by atoms with E-state index in [9.17, 15) is 4.79 Å². The van der Waals surface area contributed by atoms with E-state index in [1.807, 2.05) is 54.1 Å². The molecule has 4 heteroatoms. The smallest absolute Gasteiger partial charge is 0.268 e. The van der Waals surface area contributed by atoms with Gasteiger partial charge in [-0.3, -0.25) is 4.79 Å². The van der Waals surface area contributed by atoms with E-state index in [0.717, 1.165) is 16.6 Å². The number of hydrogen-bond acceptors (Lipinski definition) is 1. The third-order valence-electron chi connectivity index (χ3n) is 2.80. The summed E-state index contributed by atoms with van der Waals surface area (Å²) in [5.74, 6) is -0.0439. The Labute approximate surface area is 115 Å². The van der Waals surface area contributed by atoms with Crippen LogP contribution in [-0.2, 0) is 13.1 Å². The molecule has 1 aromatic carbocycles. The number of carbonyl (C=O) groups is 1. The Morgan fingerprint density at radius 1 is 1.28 bits per heavy atom. The van der Waals surface area contributed by atoms with E-state index in [2.05, 4.69) is 21.2 Å². The Balaban J connectivity index is 2.03. The predicted octanol–water partition coefficient (Wildman–Crippen LogP) is 3.20. The standard InChI is InChI=1S/C14H15BrN2O/c1-2-17-9-5-8-13(17)14(18)16-10-11-6-3-4-7-12(11)15/h3-9H,2,10H2,1H3,(H,16,18). The van der Waals surface area contributed by atoms with Gasteiger partial charge in [0, 0.05) is 23.8 Å². The van der Waals surface area contributed by atoms with Crippen molar-refractivity contribution in [3.05, 3.63) is 58.3 Å². The second-order valence-electron chi connectivity index (χ2n) is 3.95. The van der Waals surface area contributed by atoms with E-state index in [-0.39, 0.29) is 5.91 Å². The maximum Gasteiger partial charge on any atom is 0.268 e. The normalized spacial score (nSPS) is 10.3. The monoisotopic (exact) mass is 306 g/mol. The first kappa shape index (κ1) is 12.9. The van der Waals surface area contributed by atoms with Gasteiger partial charge in [-0.15, -0.1) is 0 Å². The number of rotatable bonds is 4. The minimum atomic E-state index is -0.0439. The first-order chi connectivity index (χ1) is 8.72. The van der Waals surface area contributed by atoms with Crippen molar-refractivity contribution in [2.45, 2.75) is 20.0 Å². The van der Waals surface area contributed by atoms with Gasteiger partial charge >= 0.3 is 0 Å². The minimum Gasteiger partial charge on any atom is -0.347 e. The van der Waals surface area contributed by atoms with E-state index in [4.69, 9.17) is 0 Å². The molecule has 2 rings (SSSR count). The molecule has 0 aliphatic heterocycles. The van der Waals surface area contributed by atoms with Gasteiger partial charge < -0.3 is 9.88 Å². The third-order valence-corrected chi connectivity index (χ3v) is 3.57. The maximum absolute atomic E-state index is 12.0. The summed E-state index contributed by atoms with van der Waals surface area (Å²) in [6, 6.07) is 11.6. The molecule has 2 aromatic rings. The molecule has 3 nitrogen and oxygen atoms in total. The molecule has 0 spiro atoms. The quantitative estimate of drug-likeness (QED) is 0.925. The Hall–Kier alpha value is -1.55. The number of nitrogens with one attached hydrogen (secondary N) is 1. The molecular formula is C14H15BrN2O. The van der Waals surface area contributed by atoms with Crippen LogP contribution in [0.4, 0.5) is 0 Å². The number of halogens is 1. The first-order valence-electron chi connectivity index (χ1n) is 5.89. The van der Waals surface area contributed by atoms with E-state index in [1.54, 1.807) is 0 Å². The molecule has 0 bridgehead atoms. The van der Waals surface area contributed by atoms with Gasteiger partial charge in [-0.25, -0.2) is 0 Å². The molecule has 1 N–H and O–H groups in total. The van der Waals surface area contributed by atoms with Crippen LogP contribution in [0.5, 0.6) is 0 Å². The van der Waals surface area contributed by atoms with Crippen molar-refractivity contribution < 1.29 is 4.79 Å². The average Bonchev–Trinajstić information content (AvgIpc) is 2.86. The summed E-state index contributed by atoms with van der Waals surface area (Å²) >= 11 is 3.47. The van der Waals surface area contributed by atoms with Crippen LogP contribution in [0.1, 0.15) is 23.0 Å². The number of aromatic nitrogens is 1. The molecule has 0 atom stereocenters. The molecule has 0 saturated carbocycles. The lowest BCUT2D eigenvalue weighted by atomic mass is 10.2. The Morgan fingerprint density at radius 3 is 2.78 bits per heavy atom. The molecular weight excluding hydrogens is 292 g/mol. The molecule has 1 aromatic heterocycles. The lowest BCUT2D eigenvalue weighted by Gasteiger charge is -2.09. The van der Waals surface area contributed by atoms with Gasteiger partial charge in [0.1, 0.15) is 5.69 Å². The van der Waals surface area contributed by atoms with E-state index < -0.39 is 0 Å². The second kappa shape index (κ2) is 5.87. The summed E-state index contributed by atoms with van der Waals surface area (Å²) in [4.78, 5) is 12.0. The van der Waals surface area contributed by atoms with E-state index in [1.165, 1.54) is 0 Å². The molecule has 1 amide bonds. The highest BCUT2D eigenvalue weighted by Gasteiger charge is 2.09. The maximum atomic E-state index is 12.0. The predicted molar refractivity (Wildman–Crippen MR) is 75.4 cm³/mol. The summed E-state index contributed by atoms with van der Waals surface area (Å²) in [6.45, 7) is 3.34. The zero-order valence-corrected chi connectivity index (χ0v) is 11.8. The summed E-state index contributed by atoms with van der Waals surface area (Å²) < 4.78 is 2.94. The average molecular weight is 307 g/mol. The van der Waals surface area contributed by atoms with Crippen LogP contribution < -0.4 is 5.32 Å². The fraction of sp³-hybridized carbons (Fsp3) is 0.214. The van der Waals surface area contributed by atoms with Crippen molar-refractivity contribution >= 4 is 21.8 Å². The lowest BCUT2D eigenvalue weighted by molar-refractivity contribution is 0.0941. The Kier molecular flexibility index (Phi) is 4.20. The van der Waals surface area contributed by atoms with Gasteiger partial charge in [0.05, 0.1) is 0 Å². The fourth-order valence-electron chi connectivity index (χ4n) is 1.80. The van der Waals surface area contributed by atoms with Gasteiger partial charge in [0.25, 0.3) is 5.91 Å². The Morgan fingerprint density at radius 2 is 2.06 bits per heavy atom. The largest absolute Gasteiger partial charge is 0.347 e. The van der Waals surface area contributed by atoms with Gasteiger partial charge in [0.15, 0.2) is 0 Å². The van der Waals surface area contributed by atoms with Crippen LogP contribution >= 0.6 is 15.9 Å². The molecule has 18 heavy (non-hydrogen) atoms. The summed E-state index contributed by atoms with van der Waals surface area (Å²) in [5.41, 5.74) is 1.77. The number of hydrogen-bond donors (Lipinski definition) is 1. The van der Waals surface area contributed by atoms with Gasteiger partial charge in [-0.1, -0.05) is 34.1 Å². The molecule has 0 fully saturated rings. The van der Waals surface area contributed by atoms with Crippen molar-refractivity contribution in [1.29, 1.82) is 0 Å². The fourth-order valence-corrected chi connectivity index (χ4v) is 2.23. The van der Waals surface area contributed by atoms with Crippen LogP contribution in [0.25, 0.3) is 0 Å². The highest BCUT2D eigenvalue weighted by Crippen LogP contribution is 2.15. The molecule has 1 heterocycles. The van der Waals surface area contributed by atoms with Crippen molar-refractivity contribution in [2.75, 3.05) is 0 Å². The molecule has 0 radical (unpaired) electrons. The number of amides is 1. The van der Waals surface area contributed by atoms with Crippen molar-refractivity contribution in [3.63, 3.8) is 0 Å². The molecule has 0 saturated heterocycles. The van der Waals surface area contributed by atoms with E-state index >= 15 is 0 Å². The van der Waals surface area contributed by atoms with Crippen LogP contribution in [0, 0.1) is 0 Å². The van der Waals surface area contributed by atoms with Crippen LogP contribution in [-0.4, -0.2) is 10.5 Å². The highest BCUT2D eigenvalue weighted by atomic mass is 79.9. The van der Waals surface area contributed by atoms with Crippen LogP contribution in [0.2, 0.25) is 0 Å². The van der Waals surface area contributed by atoms with Gasteiger partial charge in [-0.2, -0.15) is 0 Å². The minimum absolute atomic E-state index is 0.0439. The Bertz CT molecular complexity index is 548. The number of carbonyl (C=O) groups excluding carboxylic acids is 1. The number of aryl methyl sites for hydroxylation is 1. The van der Waals surface area contributed by atoms with Crippen molar-refractivity contribution in [2.24, 2.45) is 0 Å². The van der Waals surface area contributed by atoms with Gasteiger partial charge in [0.2, 0.25) is 0 Å². The summed E-state index contributed by atoms with van der Waals surface area (Å²) in [7, 11) is 0. The lowest BCUT2D eigenvalue weighted by Crippen LogP contribution is -2.25. The number of benzene rings is 1. The van der Waals surface area contributed by atoms with Crippen LogP contribution in [0.15, 0.2) is 47.1 Å². The van der Waals surface area contributed by atoms with Crippen LogP contribution in [0.3, 0.4) is 0 Å². The summed E-state index contributed by atoms with van der Waals surface area (Å²) in [6.07, 6.45) is 1.91. The molecule has 0 aliphatic carbocycles. The third kappa shape index (κ3) is 2.82.